The molecule has 2 aromatic rings. The van der Waals surface area contributed by atoms with E-state index in [1.807, 2.05) is 29.2 Å². The number of rotatable bonds is 9. The number of hydrogen-bond donors (Lipinski definition) is 1. The first-order valence-electron chi connectivity index (χ1n) is 11.9. The van der Waals surface area contributed by atoms with E-state index in [0.717, 1.165) is 44.9 Å². The second kappa shape index (κ2) is 11.7. The largest absolute Gasteiger partial charge is 0.492 e. The van der Waals surface area contributed by atoms with E-state index in [9.17, 15) is 9.59 Å². The van der Waals surface area contributed by atoms with Crippen molar-refractivity contribution in [2.75, 3.05) is 52.9 Å². The third kappa shape index (κ3) is 6.95. The molecule has 2 aliphatic rings. The van der Waals surface area contributed by atoms with E-state index in [-0.39, 0.29) is 17.9 Å². The van der Waals surface area contributed by atoms with Gasteiger partial charge in [-0.25, -0.2) is 0 Å². The lowest BCUT2D eigenvalue weighted by Crippen LogP contribution is -2.49. The van der Waals surface area contributed by atoms with Crippen LogP contribution in [0.15, 0.2) is 48.5 Å². The molecular weight excluding hydrogens is 452 g/mol. The topological polar surface area (TPSA) is 65.1 Å². The number of carbonyl (C=O) groups is 2. The average Bonchev–Trinajstić information content (AvgIpc) is 3.23. The molecule has 8 heteroatoms. The molecule has 0 aliphatic carbocycles. The van der Waals surface area contributed by atoms with Crippen LogP contribution in [0.2, 0.25) is 5.02 Å². The fourth-order valence-corrected chi connectivity index (χ4v) is 4.76. The van der Waals surface area contributed by atoms with Crippen molar-refractivity contribution in [2.24, 2.45) is 0 Å². The van der Waals surface area contributed by atoms with E-state index in [0.29, 0.717) is 36.7 Å². The summed E-state index contributed by atoms with van der Waals surface area (Å²) in [6, 6.07) is 15.6. The highest BCUT2D eigenvalue weighted by Gasteiger charge is 2.23. The van der Waals surface area contributed by atoms with Gasteiger partial charge in [0.25, 0.3) is 5.91 Å². The van der Waals surface area contributed by atoms with Gasteiger partial charge in [0.2, 0.25) is 5.91 Å². The Morgan fingerprint density at radius 3 is 2.68 bits per heavy atom. The zero-order valence-corrected chi connectivity index (χ0v) is 20.5. The predicted molar refractivity (Wildman–Crippen MR) is 133 cm³/mol. The molecule has 0 radical (unpaired) electrons. The van der Waals surface area contributed by atoms with Crippen molar-refractivity contribution in [3.8, 4) is 5.75 Å². The Kier molecular flexibility index (Phi) is 8.43. The normalized spacial score (nSPS) is 18.9. The molecule has 4 rings (SSSR count). The molecule has 182 valence electrons. The van der Waals surface area contributed by atoms with Crippen LogP contribution in [-0.4, -0.2) is 85.5 Å². The third-order valence-electron chi connectivity index (χ3n) is 6.38. The zero-order valence-electron chi connectivity index (χ0n) is 19.7. The van der Waals surface area contributed by atoms with Crippen LogP contribution in [0.4, 0.5) is 0 Å². The van der Waals surface area contributed by atoms with Gasteiger partial charge < -0.3 is 19.9 Å². The maximum atomic E-state index is 12.7. The molecule has 2 saturated heterocycles. The summed E-state index contributed by atoms with van der Waals surface area (Å²) in [5, 5.41) is 3.61. The Labute approximate surface area is 206 Å². The number of benzene rings is 2. The lowest BCUT2D eigenvalue weighted by molar-refractivity contribution is -0.119. The van der Waals surface area contributed by atoms with E-state index < -0.39 is 0 Å². The Hall–Kier alpha value is -2.61. The molecule has 1 atom stereocenters. The molecule has 2 fully saturated rings. The summed E-state index contributed by atoms with van der Waals surface area (Å²) in [6.45, 7) is 6.16. The van der Waals surface area contributed by atoms with Crippen LogP contribution >= 0.6 is 11.6 Å². The number of halogens is 1. The lowest BCUT2D eigenvalue weighted by atomic mass is 10.1. The summed E-state index contributed by atoms with van der Waals surface area (Å²) < 4.78 is 6.02. The number of carbonyl (C=O) groups excluding carboxylic acids is 2. The number of ether oxygens (including phenoxy) is 1. The van der Waals surface area contributed by atoms with Gasteiger partial charge in [0.05, 0.1) is 0 Å². The van der Waals surface area contributed by atoms with Crippen molar-refractivity contribution in [1.82, 2.24) is 20.0 Å². The summed E-state index contributed by atoms with van der Waals surface area (Å²) in [7, 11) is 2.08. The van der Waals surface area contributed by atoms with E-state index in [4.69, 9.17) is 16.3 Å². The standard InChI is InChI=1S/C26H33ClN4O3/c1-29(19-23-8-9-25(32)28-23)18-20-4-2-7-24(16-20)34-15-14-30-10-12-31(13-11-30)26(33)21-5-3-6-22(27)17-21/h2-7,16-17,23H,8-15,18-19H2,1H3,(H,28,32)/t23-/m0/s1. The van der Waals surface area contributed by atoms with Crippen LogP contribution in [0, 0.1) is 0 Å². The van der Waals surface area contributed by atoms with E-state index in [1.54, 1.807) is 12.1 Å². The zero-order chi connectivity index (χ0) is 23.9. The van der Waals surface area contributed by atoms with Gasteiger partial charge in [0.15, 0.2) is 0 Å². The monoisotopic (exact) mass is 484 g/mol. The fourth-order valence-electron chi connectivity index (χ4n) is 4.57. The smallest absolute Gasteiger partial charge is 0.253 e. The molecule has 2 heterocycles. The van der Waals surface area contributed by atoms with Crippen molar-refractivity contribution in [1.29, 1.82) is 0 Å². The predicted octanol–water partition coefficient (Wildman–Crippen LogP) is 2.89. The molecule has 7 nitrogen and oxygen atoms in total. The molecule has 0 unspecified atom stereocenters. The molecular formula is C26H33ClN4O3. The molecule has 0 aromatic heterocycles. The Morgan fingerprint density at radius 2 is 1.94 bits per heavy atom. The van der Waals surface area contributed by atoms with E-state index in [1.165, 1.54) is 5.56 Å². The highest BCUT2D eigenvalue weighted by Crippen LogP contribution is 2.17. The highest BCUT2D eigenvalue weighted by atomic mass is 35.5. The number of nitrogens with one attached hydrogen (secondary N) is 1. The second-order valence-electron chi connectivity index (χ2n) is 9.14. The number of likely N-dealkylation sites (N-methyl/N-ethyl adjacent to an activating group) is 1. The summed E-state index contributed by atoms with van der Waals surface area (Å²) in [6.07, 6.45) is 1.55. The molecule has 0 saturated carbocycles. The van der Waals surface area contributed by atoms with Crippen LogP contribution in [0.5, 0.6) is 5.75 Å². The Morgan fingerprint density at radius 1 is 1.15 bits per heavy atom. The number of amides is 2. The molecule has 1 N–H and O–H groups in total. The summed E-state index contributed by atoms with van der Waals surface area (Å²) in [4.78, 5) is 30.5. The van der Waals surface area contributed by atoms with Crippen molar-refractivity contribution in [3.05, 3.63) is 64.7 Å². The van der Waals surface area contributed by atoms with Crippen molar-refractivity contribution in [3.63, 3.8) is 0 Å². The van der Waals surface area contributed by atoms with Crippen molar-refractivity contribution >= 4 is 23.4 Å². The van der Waals surface area contributed by atoms with Gasteiger partial charge >= 0.3 is 0 Å². The molecule has 2 aliphatic heterocycles. The molecule has 0 spiro atoms. The molecule has 2 aromatic carbocycles. The SMILES string of the molecule is CN(Cc1cccc(OCCN2CCN(C(=O)c3cccc(Cl)c3)CC2)c1)C[C@@H]1CCC(=O)N1. The van der Waals surface area contributed by atoms with Gasteiger partial charge in [0.1, 0.15) is 12.4 Å². The van der Waals surface area contributed by atoms with Crippen LogP contribution in [0.3, 0.4) is 0 Å². The van der Waals surface area contributed by atoms with Gasteiger partial charge in [-0.3, -0.25) is 14.5 Å². The Balaban J connectivity index is 1.17. The number of piperazine rings is 1. The first-order chi connectivity index (χ1) is 16.5. The minimum Gasteiger partial charge on any atom is -0.492 e. The summed E-state index contributed by atoms with van der Waals surface area (Å²) in [5.41, 5.74) is 1.83. The van der Waals surface area contributed by atoms with E-state index in [2.05, 4.69) is 34.3 Å². The Bertz CT molecular complexity index is 994. The first-order valence-corrected chi connectivity index (χ1v) is 12.3. The van der Waals surface area contributed by atoms with Gasteiger partial charge in [0, 0.05) is 68.9 Å². The quantitative estimate of drug-likeness (QED) is 0.593. The van der Waals surface area contributed by atoms with Crippen molar-refractivity contribution < 1.29 is 14.3 Å². The maximum absolute atomic E-state index is 12.7. The third-order valence-corrected chi connectivity index (χ3v) is 6.61. The maximum Gasteiger partial charge on any atom is 0.253 e. The molecule has 2 amide bonds. The van der Waals surface area contributed by atoms with Gasteiger partial charge in [-0.1, -0.05) is 29.8 Å². The number of hydrogen-bond acceptors (Lipinski definition) is 5. The van der Waals surface area contributed by atoms with Gasteiger partial charge in [-0.05, 0) is 49.4 Å². The highest BCUT2D eigenvalue weighted by molar-refractivity contribution is 6.30. The van der Waals surface area contributed by atoms with Crippen LogP contribution in [0.25, 0.3) is 0 Å². The molecule has 34 heavy (non-hydrogen) atoms. The first kappa shape index (κ1) is 24.5. The van der Waals surface area contributed by atoms with Crippen LogP contribution in [-0.2, 0) is 11.3 Å². The summed E-state index contributed by atoms with van der Waals surface area (Å²) in [5.74, 6) is 1.06. The second-order valence-corrected chi connectivity index (χ2v) is 9.58. The van der Waals surface area contributed by atoms with Crippen molar-refractivity contribution in [2.45, 2.75) is 25.4 Å². The van der Waals surface area contributed by atoms with E-state index >= 15 is 0 Å². The lowest BCUT2D eigenvalue weighted by Gasteiger charge is -2.34. The van der Waals surface area contributed by atoms with Crippen LogP contribution < -0.4 is 10.1 Å². The average molecular weight is 485 g/mol. The fraction of sp³-hybridized carbons (Fsp3) is 0.462. The minimum absolute atomic E-state index is 0.0375. The number of nitrogens with zero attached hydrogens (tertiary/aromatic N) is 3. The molecule has 0 bridgehead atoms. The van der Waals surface area contributed by atoms with Gasteiger partial charge in [-0.15, -0.1) is 0 Å². The minimum atomic E-state index is 0.0375. The van der Waals surface area contributed by atoms with Gasteiger partial charge in [-0.2, -0.15) is 0 Å². The van der Waals surface area contributed by atoms with Crippen LogP contribution in [0.1, 0.15) is 28.8 Å². The summed E-state index contributed by atoms with van der Waals surface area (Å²) >= 11 is 6.02.